The molecule has 0 aromatic carbocycles. The average molecular weight is 200 g/mol. The van der Waals surface area contributed by atoms with Gasteiger partial charge in [0.1, 0.15) is 6.10 Å². The molecule has 1 atom stereocenters. The maximum absolute atomic E-state index is 11.2. The van der Waals surface area contributed by atoms with Crippen LogP contribution >= 0.6 is 0 Å². The first kappa shape index (κ1) is 11.3. The standard InChI is InChI=1S/C10H20N2O2/c1-2-3-7-12-10(13)14-9-5-4-6-11-8-9/h9,11H,2-8H2,1H3,(H,12,13)/t9-/m0/s1. The van der Waals surface area contributed by atoms with Crippen molar-refractivity contribution in [3.05, 3.63) is 0 Å². The molecule has 1 saturated heterocycles. The maximum atomic E-state index is 11.2. The van der Waals surface area contributed by atoms with Crippen molar-refractivity contribution in [1.29, 1.82) is 0 Å². The molecule has 1 rings (SSSR count). The van der Waals surface area contributed by atoms with Crippen molar-refractivity contribution in [2.75, 3.05) is 19.6 Å². The number of alkyl carbamates (subject to hydrolysis) is 1. The Labute approximate surface area is 85.4 Å². The van der Waals surface area contributed by atoms with Gasteiger partial charge in [-0.05, 0) is 25.8 Å². The number of unbranched alkanes of at least 4 members (excludes halogenated alkanes) is 1. The molecule has 2 N–H and O–H groups in total. The molecule has 1 aliphatic rings. The third-order valence-electron chi connectivity index (χ3n) is 2.33. The van der Waals surface area contributed by atoms with E-state index in [0.717, 1.165) is 45.3 Å². The summed E-state index contributed by atoms with van der Waals surface area (Å²) in [7, 11) is 0. The zero-order valence-electron chi connectivity index (χ0n) is 8.84. The summed E-state index contributed by atoms with van der Waals surface area (Å²) in [5, 5.41) is 5.94. The van der Waals surface area contributed by atoms with E-state index in [9.17, 15) is 4.79 Å². The van der Waals surface area contributed by atoms with Gasteiger partial charge < -0.3 is 15.4 Å². The highest BCUT2D eigenvalue weighted by atomic mass is 16.6. The minimum Gasteiger partial charge on any atom is -0.445 e. The summed E-state index contributed by atoms with van der Waals surface area (Å²) in [5.41, 5.74) is 0. The van der Waals surface area contributed by atoms with E-state index in [1.165, 1.54) is 0 Å². The molecule has 1 fully saturated rings. The average Bonchev–Trinajstić information content (AvgIpc) is 2.20. The molecule has 0 aromatic rings. The molecule has 0 aromatic heterocycles. The molecule has 0 aliphatic carbocycles. The van der Waals surface area contributed by atoms with E-state index < -0.39 is 0 Å². The Kier molecular flexibility index (Phi) is 5.37. The fraction of sp³-hybridized carbons (Fsp3) is 0.900. The number of amides is 1. The van der Waals surface area contributed by atoms with Crippen LogP contribution in [0.4, 0.5) is 4.79 Å². The van der Waals surface area contributed by atoms with Crippen LogP contribution < -0.4 is 10.6 Å². The van der Waals surface area contributed by atoms with Gasteiger partial charge in [-0.15, -0.1) is 0 Å². The lowest BCUT2D eigenvalue weighted by molar-refractivity contribution is 0.0825. The molecular weight excluding hydrogens is 180 g/mol. The van der Waals surface area contributed by atoms with Crippen LogP contribution in [-0.4, -0.2) is 31.8 Å². The van der Waals surface area contributed by atoms with E-state index in [1.807, 2.05) is 0 Å². The second kappa shape index (κ2) is 6.65. The van der Waals surface area contributed by atoms with Crippen LogP contribution in [-0.2, 0) is 4.74 Å². The highest BCUT2D eigenvalue weighted by Gasteiger charge is 2.16. The minimum atomic E-state index is -0.271. The molecule has 14 heavy (non-hydrogen) atoms. The van der Waals surface area contributed by atoms with Crippen LogP contribution in [0.25, 0.3) is 0 Å². The molecule has 0 bridgehead atoms. The van der Waals surface area contributed by atoms with E-state index in [4.69, 9.17) is 4.74 Å². The summed E-state index contributed by atoms with van der Waals surface area (Å²) in [4.78, 5) is 11.2. The molecule has 1 amide bonds. The van der Waals surface area contributed by atoms with Crippen LogP contribution in [0, 0.1) is 0 Å². The van der Waals surface area contributed by atoms with Gasteiger partial charge in [0.25, 0.3) is 0 Å². The Morgan fingerprint density at radius 2 is 2.50 bits per heavy atom. The number of ether oxygens (including phenoxy) is 1. The van der Waals surface area contributed by atoms with Gasteiger partial charge in [-0.1, -0.05) is 13.3 Å². The number of hydrogen-bond donors (Lipinski definition) is 2. The number of carbonyl (C=O) groups excluding carboxylic acids is 1. The van der Waals surface area contributed by atoms with E-state index >= 15 is 0 Å². The lowest BCUT2D eigenvalue weighted by Gasteiger charge is -2.22. The Morgan fingerprint density at radius 1 is 1.64 bits per heavy atom. The Bertz CT molecular complexity index is 168. The van der Waals surface area contributed by atoms with Gasteiger partial charge >= 0.3 is 6.09 Å². The largest absolute Gasteiger partial charge is 0.445 e. The van der Waals surface area contributed by atoms with Gasteiger partial charge in [0.2, 0.25) is 0 Å². The zero-order chi connectivity index (χ0) is 10.2. The van der Waals surface area contributed by atoms with E-state index in [1.54, 1.807) is 0 Å². The number of piperidine rings is 1. The minimum absolute atomic E-state index is 0.0605. The second-order valence-corrected chi connectivity index (χ2v) is 3.65. The van der Waals surface area contributed by atoms with Crippen LogP contribution in [0.15, 0.2) is 0 Å². The van der Waals surface area contributed by atoms with Gasteiger partial charge in [-0.25, -0.2) is 4.79 Å². The van der Waals surface area contributed by atoms with Crippen LogP contribution in [0.1, 0.15) is 32.6 Å². The summed E-state index contributed by atoms with van der Waals surface area (Å²) in [5.74, 6) is 0. The molecule has 0 radical (unpaired) electrons. The van der Waals surface area contributed by atoms with Gasteiger partial charge in [0, 0.05) is 13.1 Å². The van der Waals surface area contributed by atoms with Crippen molar-refractivity contribution >= 4 is 6.09 Å². The Balaban J connectivity index is 2.06. The molecule has 82 valence electrons. The van der Waals surface area contributed by atoms with Crippen LogP contribution in [0.5, 0.6) is 0 Å². The third-order valence-corrected chi connectivity index (χ3v) is 2.33. The molecule has 0 saturated carbocycles. The topological polar surface area (TPSA) is 50.4 Å². The lowest BCUT2D eigenvalue weighted by atomic mass is 10.1. The summed E-state index contributed by atoms with van der Waals surface area (Å²) in [6.45, 7) is 4.64. The smallest absolute Gasteiger partial charge is 0.407 e. The van der Waals surface area contributed by atoms with Gasteiger partial charge in [-0.2, -0.15) is 0 Å². The number of hydrogen-bond acceptors (Lipinski definition) is 3. The van der Waals surface area contributed by atoms with Crippen molar-refractivity contribution in [3.63, 3.8) is 0 Å². The molecule has 1 aliphatic heterocycles. The van der Waals surface area contributed by atoms with E-state index in [-0.39, 0.29) is 12.2 Å². The predicted molar refractivity (Wildman–Crippen MR) is 55.3 cm³/mol. The first-order valence-corrected chi connectivity index (χ1v) is 5.48. The fourth-order valence-corrected chi connectivity index (χ4v) is 1.48. The molecule has 0 unspecified atom stereocenters. The van der Waals surface area contributed by atoms with Crippen molar-refractivity contribution in [2.45, 2.75) is 38.7 Å². The van der Waals surface area contributed by atoms with E-state index in [0.29, 0.717) is 0 Å². The zero-order valence-corrected chi connectivity index (χ0v) is 8.84. The lowest BCUT2D eigenvalue weighted by Crippen LogP contribution is -2.39. The number of rotatable bonds is 4. The monoisotopic (exact) mass is 200 g/mol. The molecule has 1 heterocycles. The summed E-state index contributed by atoms with van der Waals surface area (Å²) >= 11 is 0. The van der Waals surface area contributed by atoms with Gasteiger partial charge in [-0.3, -0.25) is 0 Å². The molecule has 0 spiro atoms. The second-order valence-electron chi connectivity index (χ2n) is 3.65. The van der Waals surface area contributed by atoms with E-state index in [2.05, 4.69) is 17.6 Å². The molecule has 4 nitrogen and oxygen atoms in total. The fourth-order valence-electron chi connectivity index (χ4n) is 1.48. The number of carbonyl (C=O) groups is 1. The number of nitrogens with one attached hydrogen (secondary N) is 2. The quantitative estimate of drug-likeness (QED) is 0.672. The highest BCUT2D eigenvalue weighted by molar-refractivity contribution is 5.67. The van der Waals surface area contributed by atoms with Gasteiger partial charge in [0.05, 0.1) is 0 Å². The SMILES string of the molecule is CCCCNC(=O)O[C@H]1CCCNC1. The summed E-state index contributed by atoms with van der Waals surface area (Å²) < 4.78 is 5.23. The summed E-state index contributed by atoms with van der Waals surface area (Å²) in [6.07, 6.45) is 3.96. The molecule has 4 heteroatoms. The molecular formula is C10H20N2O2. The Morgan fingerprint density at radius 3 is 3.14 bits per heavy atom. The summed E-state index contributed by atoms with van der Waals surface area (Å²) in [6, 6.07) is 0. The Hall–Kier alpha value is -0.770. The van der Waals surface area contributed by atoms with Crippen molar-refractivity contribution in [2.24, 2.45) is 0 Å². The highest BCUT2D eigenvalue weighted by Crippen LogP contribution is 2.05. The maximum Gasteiger partial charge on any atom is 0.407 e. The first-order valence-electron chi connectivity index (χ1n) is 5.48. The normalized spacial score (nSPS) is 21.6. The van der Waals surface area contributed by atoms with Crippen molar-refractivity contribution in [1.82, 2.24) is 10.6 Å². The first-order chi connectivity index (χ1) is 6.83. The van der Waals surface area contributed by atoms with Crippen LogP contribution in [0.2, 0.25) is 0 Å². The van der Waals surface area contributed by atoms with Crippen molar-refractivity contribution in [3.8, 4) is 0 Å². The predicted octanol–water partition coefficient (Wildman–Crippen LogP) is 1.26. The van der Waals surface area contributed by atoms with Crippen LogP contribution in [0.3, 0.4) is 0 Å². The third kappa shape index (κ3) is 4.46. The van der Waals surface area contributed by atoms with Gasteiger partial charge in [0.15, 0.2) is 0 Å². The van der Waals surface area contributed by atoms with Crippen molar-refractivity contribution < 1.29 is 9.53 Å².